The third kappa shape index (κ3) is 3.57. The Balaban J connectivity index is 2.70. The van der Waals surface area contributed by atoms with Gasteiger partial charge in [-0.1, -0.05) is 0 Å². The normalized spacial score (nSPS) is 13.9. The van der Waals surface area contributed by atoms with Crippen LogP contribution in [0.1, 0.15) is 25.0 Å². The highest BCUT2D eigenvalue weighted by Gasteiger charge is 2.22. The Morgan fingerprint density at radius 1 is 1.50 bits per heavy atom. The summed E-state index contributed by atoms with van der Waals surface area (Å²) in [5, 5.41) is 19.5. The van der Waals surface area contributed by atoms with Crippen LogP contribution in [-0.2, 0) is 9.53 Å². The van der Waals surface area contributed by atoms with Crippen LogP contribution in [0.2, 0.25) is 0 Å². The van der Waals surface area contributed by atoms with E-state index in [2.05, 4.69) is 9.72 Å². The second-order valence-electron chi connectivity index (χ2n) is 3.76. The summed E-state index contributed by atoms with van der Waals surface area (Å²) in [7, 11) is 0. The predicted molar refractivity (Wildman–Crippen MR) is 65.3 cm³/mol. The first-order chi connectivity index (χ1) is 8.45. The van der Waals surface area contributed by atoms with Crippen LogP contribution in [0.4, 0.5) is 11.5 Å². The first-order valence-corrected chi connectivity index (χ1v) is 5.48. The van der Waals surface area contributed by atoms with E-state index in [4.69, 9.17) is 11.5 Å². The molecule has 100 valence electrons. The molecule has 0 radical (unpaired) electrons. The number of aliphatic hydroxyl groups excluding tert-OH is 2. The van der Waals surface area contributed by atoms with Gasteiger partial charge >= 0.3 is 5.97 Å². The third-order valence-electron chi connectivity index (χ3n) is 2.36. The number of aliphatic hydroxyl groups is 2. The number of ether oxygens (including phenoxy) is 1. The first-order valence-electron chi connectivity index (χ1n) is 5.48. The number of esters is 1. The number of hydrogen-bond acceptors (Lipinski definition) is 7. The molecule has 1 aromatic rings. The second-order valence-corrected chi connectivity index (χ2v) is 3.76. The minimum Gasteiger partial charge on any atom is -0.466 e. The third-order valence-corrected chi connectivity index (χ3v) is 2.36. The fraction of sp³-hybridized carbons (Fsp3) is 0.455. The van der Waals surface area contributed by atoms with Crippen molar-refractivity contribution in [1.29, 1.82) is 0 Å². The number of anilines is 2. The number of rotatable bonds is 5. The van der Waals surface area contributed by atoms with E-state index in [0.29, 0.717) is 5.56 Å². The molecular weight excluding hydrogens is 238 g/mol. The Morgan fingerprint density at radius 2 is 2.17 bits per heavy atom. The van der Waals surface area contributed by atoms with Crippen molar-refractivity contribution in [3.8, 4) is 0 Å². The van der Waals surface area contributed by atoms with Crippen molar-refractivity contribution in [2.75, 3.05) is 18.1 Å². The summed E-state index contributed by atoms with van der Waals surface area (Å²) in [5.74, 6) is -0.439. The largest absolute Gasteiger partial charge is 0.466 e. The van der Waals surface area contributed by atoms with Gasteiger partial charge in [-0.05, 0) is 13.0 Å². The van der Waals surface area contributed by atoms with Gasteiger partial charge in [-0.25, -0.2) is 4.98 Å². The van der Waals surface area contributed by atoms with Gasteiger partial charge in [0.15, 0.2) is 0 Å². The Hall–Kier alpha value is -1.86. The molecule has 0 spiro atoms. The molecule has 2 unspecified atom stereocenters. The molecule has 7 nitrogen and oxygen atoms in total. The van der Waals surface area contributed by atoms with Crippen molar-refractivity contribution < 1.29 is 19.7 Å². The molecule has 1 rings (SSSR count). The van der Waals surface area contributed by atoms with Gasteiger partial charge in [0.05, 0.1) is 24.8 Å². The van der Waals surface area contributed by atoms with Crippen molar-refractivity contribution in [1.82, 2.24) is 4.98 Å². The zero-order chi connectivity index (χ0) is 13.7. The number of pyridine rings is 1. The maximum absolute atomic E-state index is 11.2. The molecule has 6 N–H and O–H groups in total. The Morgan fingerprint density at radius 3 is 2.72 bits per heavy atom. The molecule has 18 heavy (non-hydrogen) atoms. The second kappa shape index (κ2) is 6.18. The van der Waals surface area contributed by atoms with E-state index >= 15 is 0 Å². The van der Waals surface area contributed by atoms with Crippen molar-refractivity contribution in [2.45, 2.75) is 25.6 Å². The van der Waals surface area contributed by atoms with Crippen LogP contribution in [0, 0.1) is 0 Å². The lowest BCUT2D eigenvalue weighted by molar-refractivity contribution is -0.147. The zero-order valence-electron chi connectivity index (χ0n) is 10.0. The van der Waals surface area contributed by atoms with Gasteiger partial charge in [0.25, 0.3) is 0 Å². The van der Waals surface area contributed by atoms with Crippen molar-refractivity contribution >= 4 is 17.5 Å². The van der Waals surface area contributed by atoms with Gasteiger partial charge in [0.1, 0.15) is 11.9 Å². The molecule has 1 heterocycles. The van der Waals surface area contributed by atoms with Gasteiger partial charge in [-0.15, -0.1) is 0 Å². The minimum absolute atomic E-state index is 0.144. The molecule has 0 fully saturated rings. The van der Waals surface area contributed by atoms with Gasteiger partial charge in [-0.2, -0.15) is 0 Å². The SMILES string of the molecule is CCOC(=O)CC(O)C(O)c1cnc(N)c(N)c1. The monoisotopic (exact) mass is 255 g/mol. The van der Waals surface area contributed by atoms with Crippen molar-refractivity contribution in [3.63, 3.8) is 0 Å². The van der Waals surface area contributed by atoms with E-state index < -0.39 is 18.2 Å². The van der Waals surface area contributed by atoms with Crippen molar-refractivity contribution in [2.24, 2.45) is 0 Å². The average molecular weight is 255 g/mol. The summed E-state index contributed by atoms with van der Waals surface area (Å²) >= 11 is 0. The lowest BCUT2D eigenvalue weighted by Crippen LogP contribution is -2.23. The number of hydrogen-bond donors (Lipinski definition) is 4. The topological polar surface area (TPSA) is 132 Å². The summed E-state index contributed by atoms with van der Waals surface area (Å²) in [5.41, 5.74) is 11.5. The molecule has 0 saturated heterocycles. The van der Waals surface area contributed by atoms with E-state index in [1.54, 1.807) is 6.92 Å². The molecule has 0 aliphatic rings. The average Bonchev–Trinajstić information content (AvgIpc) is 2.32. The maximum Gasteiger partial charge on any atom is 0.308 e. The molecule has 0 saturated carbocycles. The van der Waals surface area contributed by atoms with Crippen LogP contribution < -0.4 is 11.5 Å². The Labute approximate surface area is 104 Å². The highest BCUT2D eigenvalue weighted by Crippen LogP contribution is 2.22. The summed E-state index contributed by atoms with van der Waals surface area (Å²) in [6, 6.07) is 1.40. The molecule has 2 atom stereocenters. The number of aromatic nitrogens is 1. The molecule has 0 aromatic carbocycles. The molecule has 7 heteroatoms. The smallest absolute Gasteiger partial charge is 0.308 e. The number of nitrogens with zero attached hydrogens (tertiary/aromatic N) is 1. The zero-order valence-corrected chi connectivity index (χ0v) is 10.0. The molecule has 0 aliphatic heterocycles. The Bertz CT molecular complexity index is 425. The van der Waals surface area contributed by atoms with Crippen LogP contribution in [0.25, 0.3) is 0 Å². The quantitative estimate of drug-likeness (QED) is 0.526. The molecule has 0 amide bonds. The van der Waals surface area contributed by atoms with Gasteiger partial charge in [0.2, 0.25) is 0 Å². The van der Waals surface area contributed by atoms with Crippen LogP contribution in [0.5, 0.6) is 0 Å². The fourth-order valence-electron chi connectivity index (χ4n) is 1.40. The maximum atomic E-state index is 11.2. The lowest BCUT2D eigenvalue weighted by Gasteiger charge is -2.17. The number of nitrogens with two attached hydrogens (primary N) is 2. The van der Waals surface area contributed by atoms with E-state index in [-0.39, 0.29) is 24.5 Å². The number of carbonyl (C=O) groups excluding carboxylic acids is 1. The van der Waals surface area contributed by atoms with Crippen LogP contribution in [0.15, 0.2) is 12.3 Å². The fourth-order valence-corrected chi connectivity index (χ4v) is 1.40. The summed E-state index contributed by atoms with van der Waals surface area (Å²) in [6.07, 6.45) is -1.57. The Kier molecular flexibility index (Phi) is 4.87. The van der Waals surface area contributed by atoms with Crippen LogP contribution >= 0.6 is 0 Å². The standard InChI is InChI=1S/C11H17N3O4/c1-2-18-9(16)4-8(15)10(17)6-3-7(12)11(13)14-5-6/h3,5,8,10,15,17H,2,4,12H2,1H3,(H2,13,14). The van der Waals surface area contributed by atoms with E-state index in [0.717, 1.165) is 0 Å². The van der Waals surface area contributed by atoms with E-state index in [9.17, 15) is 15.0 Å². The van der Waals surface area contributed by atoms with Crippen LogP contribution in [-0.4, -0.2) is 33.9 Å². The summed E-state index contributed by atoms with van der Waals surface area (Å²) in [4.78, 5) is 14.9. The lowest BCUT2D eigenvalue weighted by atomic mass is 10.0. The summed E-state index contributed by atoms with van der Waals surface area (Å²) in [6.45, 7) is 1.88. The van der Waals surface area contributed by atoms with Crippen molar-refractivity contribution in [3.05, 3.63) is 17.8 Å². The molecule has 1 aromatic heterocycles. The van der Waals surface area contributed by atoms with Gasteiger partial charge < -0.3 is 26.4 Å². The molecule has 0 bridgehead atoms. The molecule has 0 aliphatic carbocycles. The van der Waals surface area contributed by atoms with Crippen LogP contribution in [0.3, 0.4) is 0 Å². The van der Waals surface area contributed by atoms with E-state index in [1.807, 2.05) is 0 Å². The van der Waals surface area contributed by atoms with Gasteiger partial charge in [0, 0.05) is 11.8 Å². The number of carbonyl (C=O) groups is 1. The highest BCUT2D eigenvalue weighted by atomic mass is 16.5. The first kappa shape index (κ1) is 14.2. The highest BCUT2D eigenvalue weighted by molar-refractivity contribution is 5.70. The van der Waals surface area contributed by atoms with E-state index in [1.165, 1.54) is 12.3 Å². The molecular formula is C11H17N3O4. The predicted octanol–water partition coefficient (Wildman–Crippen LogP) is -0.407. The van der Waals surface area contributed by atoms with Gasteiger partial charge in [-0.3, -0.25) is 4.79 Å². The number of nitrogen functional groups attached to an aromatic ring is 2. The summed E-state index contributed by atoms with van der Waals surface area (Å²) < 4.78 is 4.67. The minimum atomic E-state index is -1.28.